The summed E-state index contributed by atoms with van der Waals surface area (Å²) < 4.78 is 77.1. The maximum atomic E-state index is 12.2. The molecule has 0 aromatic rings. The Morgan fingerprint density at radius 3 is 1.88 bits per heavy atom. The van der Waals surface area contributed by atoms with E-state index in [4.69, 9.17) is 0 Å². The molecular weight excluding hydrogens is 254 g/mol. The van der Waals surface area contributed by atoms with Gasteiger partial charge in [0, 0.05) is 0 Å². The van der Waals surface area contributed by atoms with E-state index in [9.17, 15) is 31.1 Å². The molecule has 0 atom stereocenters. The first-order chi connectivity index (χ1) is 7.51. The van der Waals surface area contributed by atoms with Crippen LogP contribution < -0.4 is 0 Å². The maximum absolute atomic E-state index is 12.2. The minimum atomic E-state index is -5.62. The Hall–Kier alpha value is -1.21. The predicted octanol–water partition coefficient (Wildman–Crippen LogP) is 3.24. The highest BCUT2D eigenvalue weighted by Gasteiger charge is 2.59. The van der Waals surface area contributed by atoms with Gasteiger partial charge in [0.25, 0.3) is 0 Å². The van der Waals surface area contributed by atoms with Crippen LogP contribution in [0.3, 0.4) is 0 Å². The average molecular weight is 264 g/mol. The van der Waals surface area contributed by atoms with E-state index in [1.54, 1.807) is 6.92 Å². The van der Waals surface area contributed by atoms with Crippen LogP contribution in [-0.4, -0.2) is 24.9 Å². The predicted molar refractivity (Wildman–Crippen MR) is 46.0 cm³/mol. The number of carbonyl (C=O) groups is 1. The number of carbonyl (C=O) groups excluding carboxylic acids is 1. The molecule has 0 aliphatic carbocycles. The number of halogens is 6. The molecule has 0 aliphatic rings. The van der Waals surface area contributed by atoms with Gasteiger partial charge in [-0.1, -0.05) is 13.5 Å². The molecule has 0 spiro atoms. The summed E-state index contributed by atoms with van der Waals surface area (Å²) >= 11 is 0. The third-order valence-electron chi connectivity index (χ3n) is 1.70. The zero-order chi connectivity index (χ0) is 13.9. The number of rotatable bonds is 4. The van der Waals surface area contributed by atoms with Crippen LogP contribution in [-0.2, 0) is 9.53 Å². The number of ether oxygens (including phenoxy) is 1. The Morgan fingerprint density at radius 2 is 1.59 bits per heavy atom. The third-order valence-corrected chi connectivity index (χ3v) is 1.70. The lowest BCUT2D eigenvalue weighted by atomic mass is 9.99. The highest BCUT2D eigenvalue weighted by Crippen LogP contribution is 2.43. The summed E-state index contributed by atoms with van der Waals surface area (Å²) in [7, 11) is 0. The number of hydrogen-bond donors (Lipinski definition) is 0. The van der Waals surface area contributed by atoms with Crippen molar-refractivity contribution in [3.63, 3.8) is 0 Å². The van der Waals surface area contributed by atoms with Gasteiger partial charge in [-0.05, 0) is 6.42 Å². The van der Waals surface area contributed by atoms with Gasteiger partial charge in [-0.25, -0.2) is 4.79 Å². The molecule has 0 aliphatic heterocycles. The van der Waals surface area contributed by atoms with Crippen molar-refractivity contribution in [1.29, 1.82) is 0 Å². The summed E-state index contributed by atoms with van der Waals surface area (Å²) in [6.45, 7) is 3.81. The van der Waals surface area contributed by atoms with Gasteiger partial charge in [-0.15, -0.1) is 0 Å². The molecule has 0 saturated heterocycles. The van der Waals surface area contributed by atoms with Gasteiger partial charge >= 0.3 is 18.3 Å². The molecule has 100 valence electrons. The Balaban J connectivity index is 4.97. The molecule has 8 heteroatoms. The van der Waals surface area contributed by atoms with E-state index in [1.807, 2.05) is 0 Å². The molecule has 0 aromatic carbocycles. The first kappa shape index (κ1) is 15.8. The van der Waals surface area contributed by atoms with Gasteiger partial charge in [0.05, 0.1) is 12.2 Å². The van der Waals surface area contributed by atoms with Crippen LogP contribution in [0, 0.1) is 5.92 Å². The Labute approximate surface area is 93.2 Å². The minimum absolute atomic E-state index is 0.264. The number of alkyl halides is 6. The van der Waals surface area contributed by atoms with Crippen molar-refractivity contribution in [1.82, 2.24) is 0 Å². The van der Waals surface area contributed by atoms with Crippen LogP contribution in [0.25, 0.3) is 0 Å². The van der Waals surface area contributed by atoms with E-state index in [0.717, 1.165) is 0 Å². The molecular formula is C9H10F6O2. The molecule has 0 rings (SSSR count). The van der Waals surface area contributed by atoms with Gasteiger partial charge < -0.3 is 4.74 Å². The zero-order valence-electron chi connectivity index (χ0n) is 8.78. The molecule has 0 fully saturated rings. The normalized spacial score (nSPS) is 12.7. The summed E-state index contributed by atoms with van der Waals surface area (Å²) in [5.41, 5.74) is -1.65. The van der Waals surface area contributed by atoms with E-state index in [0.29, 0.717) is 0 Å². The van der Waals surface area contributed by atoms with Gasteiger partial charge in [0.15, 0.2) is 5.92 Å². The van der Waals surface area contributed by atoms with Crippen LogP contribution in [0.2, 0.25) is 0 Å². The number of esters is 1. The third kappa shape index (κ3) is 4.66. The van der Waals surface area contributed by atoms with Gasteiger partial charge in [-0.2, -0.15) is 26.3 Å². The highest BCUT2D eigenvalue weighted by molar-refractivity contribution is 5.88. The quantitative estimate of drug-likeness (QED) is 0.442. The summed E-state index contributed by atoms with van der Waals surface area (Å²) in [6, 6.07) is 0. The van der Waals surface area contributed by atoms with E-state index in [1.165, 1.54) is 0 Å². The SMILES string of the molecule is C=C(C(=O)OCCC)C(C(F)(F)F)C(F)(F)F. The van der Waals surface area contributed by atoms with Crippen molar-refractivity contribution in [3.8, 4) is 0 Å². The molecule has 0 radical (unpaired) electrons. The lowest BCUT2D eigenvalue weighted by Gasteiger charge is -2.23. The van der Waals surface area contributed by atoms with Crippen molar-refractivity contribution in [2.75, 3.05) is 6.61 Å². The van der Waals surface area contributed by atoms with Crippen molar-refractivity contribution in [2.45, 2.75) is 25.7 Å². The molecule has 0 bridgehead atoms. The van der Waals surface area contributed by atoms with Crippen molar-refractivity contribution in [3.05, 3.63) is 12.2 Å². The summed E-state index contributed by atoms with van der Waals surface area (Å²) in [4.78, 5) is 10.9. The second kappa shape index (κ2) is 5.42. The largest absolute Gasteiger partial charge is 0.462 e. The van der Waals surface area contributed by atoms with Crippen molar-refractivity contribution in [2.24, 2.45) is 5.92 Å². The first-order valence-corrected chi connectivity index (χ1v) is 4.51. The topological polar surface area (TPSA) is 26.3 Å². The molecule has 0 aromatic heterocycles. The average Bonchev–Trinajstić information content (AvgIpc) is 2.09. The Kier molecular flexibility index (Phi) is 5.03. The molecule has 0 unspecified atom stereocenters. The Bertz CT molecular complexity index is 277. The van der Waals surface area contributed by atoms with Crippen LogP contribution in [0.5, 0.6) is 0 Å². The second-order valence-corrected chi connectivity index (χ2v) is 3.18. The molecule has 0 saturated carbocycles. The standard InChI is InChI=1S/C9H10F6O2/c1-3-4-17-7(16)5(2)6(8(10,11)12)9(13,14)15/h6H,2-4H2,1H3. The van der Waals surface area contributed by atoms with E-state index >= 15 is 0 Å². The second-order valence-electron chi connectivity index (χ2n) is 3.18. The fourth-order valence-corrected chi connectivity index (χ4v) is 0.986. The fourth-order valence-electron chi connectivity index (χ4n) is 0.986. The van der Waals surface area contributed by atoms with E-state index < -0.39 is 29.8 Å². The van der Waals surface area contributed by atoms with Gasteiger partial charge in [0.2, 0.25) is 0 Å². The smallest absolute Gasteiger partial charge is 0.404 e. The summed E-state index contributed by atoms with van der Waals surface area (Å²) in [6.07, 6.45) is -11.0. The number of hydrogen-bond acceptors (Lipinski definition) is 2. The first-order valence-electron chi connectivity index (χ1n) is 4.51. The minimum Gasteiger partial charge on any atom is -0.462 e. The lowest BCUT2D eigenvalue weighted by molar-refractivity contribution is -0.272. The molecule has 0 N–H and O–H groups in total. The maximum Gasteiger partial charge on any atom is 0.404 e. The fraction of sp³-hybridized carbons (Fsp3) is 0.667. The molecule has 17 heavy (non-hydrogen) atoms. The van der Waals surface area contributed by atoms with E-state index in [2.05, 4.69) is 11.3 Å². The highest BCUT2D eigenvalue weighted by atomic mass is 19.4. The van der Waals surface area contributed by atoms with Crippen molar-refractivity contribution >= 4 is 5.97 Å². The van der Waals surface area contributed by atoms with Crippen LogP contribution in [0.4, 0.5) is 26.3 Å². The lowest BCUT2D eigenvalue weighted by Crippen LogP contribution is -2.40. The zero-order valence-corrected chi connectivity index (χ0v) is 8.78. The van der Waals surface area contributed by atoms with Gasteiger partial charge in [-0.3, -0.25) is 0 Å². The van der Waals surface area contributed by atoms with Crippen LogP contribution >= 0.6 is 0 Å². The Morgan fingerprint density at radius 1 is 1.18 bits per heavy atom. The van der Waals surface area contributed by atoms with Gasteiger partial charge in [0.1, 0.15) is 0 Å². The molecule has 0 amide bonds. The van der Waals surface area contributed by atoms with Crippen LogP contribution in [0.15, 0.2) is 12.2 Å². The molecule has 2 nitrogen and oxygen atoms in total. The molecule has 0 heterocycles. The summed E-state index contributed by atoms with van der Waals surface area (Å²) in [5, 5.41) is 0. The monoisotopic (exact) mass is 264 g/mol. The summed E-state index contributed by atoms with van der Waals surface area (Å²) in [5.74, 6) is -5.58. The van der Waals surface area contributed by atoms with E-state index in [-0.39, 0.29) is 13.0 Å². The van der Waals surface area contributed by atoms with Crippen molar-refractivity contribution < 1.29 is 35.9 Å². The van der Waals surface area contributed by atoms with Crippen LogP contribution in [0.1, 0.15) is 13.3 Å².